The summed E-state index contributed by atoms with van der Waals surface area (Å²) in [4.78, 5) is 4.93. The fourth-order valence-corrected chi connectivity index (χ4v) is 13.6. The third-order valence-electron chi connectivity index (χ3n) is 17.8. The number of benzene rings is 11. The zero-order valence-electron chi connectivity index (χ0n) is 45.8. The topological polar surface area (TPSA) is 6.48 Å². The van der Waals surface area contributed by atoms with E-state index in [9.17, 15) is 0 Å². The van der Waals surface area contributed by atoms with Crippen LogP contribution in [0.25, 0.3) is 66.1 Å². The van der Waals surface area contributed by atoms with Gasteiger partial charge in [-0.25, -0.2) is 0 Å². The first-order valence-electron chi connectivity index (χ1n) is 27.6. The summed E-state index contributed by atoms with van der Waals surface area (Å²) in [5, 5.41) is 4.89. The second kappa shape index (κ2) is 16.8. The van der Waals surface area contributed by atoms with Crippen LogP contribution in [0.15, 0.2) is 224 Å². The van der Waals surface area contributed by atoms with Gasteiger partial charge in [0.05, 0.1) is 0 Å². The van der Waals surface area contributed by atoms with Crippen molar-refractivity contribution in [3.8, 4) is 44.5 Å². The van der Waals surface area contributed by atoms with Crippen LogP contribution in [-0.4, -0.2) is 0 Å². The summed E-state index contributed by atoms with van der Waals surface area (Å²) in [6.45, 7) is 21.0. The van der Waals surface area contributed by atoms with Gasteiger partial charge in [-0.3, -0.25) is 0 Å². The molecule has 1 aliphatic heterocycles. The fourth-order valence-electron chi connectivity index (χ4n) is 13.6. The molecule has 2 nitrogen and oxygen atoms in total. The summed E-state index contributed by atoms with van der Waals surface area (Å²) in [6.07, 6.45) is 0. The largest absolute Gasteiger partial charge is 0.310 e. The normalized spacial score (nSPS) is 15.7. The maximum absolute atomic E-state index is 2.55. The van der Waals surface area contributed by atoms with Gasteiger partial charge in [0.25, 0.3) is 0 Å². The van der Waals surface area contributed by atoms with Crippen molar-refractivity contribution in [3.05, 3.63) is 263 Å². The highest BCUT2D eigenvalue weighted by Gasteiger charge is 2.42. The van der Waals surface area contributed by atoms with E-state index in [4.69, 9.17) is 0 Å². The number of fused-ring (bicyclic) bond motifs is 14. The number of nitrogens with zero attached hydrogens (tertiary/aromatic N) is 2. The Balaban J connectivity index is 1.12. The molecule has 0 amide bonds. The maximum atomic E-state index is 2.55. The van der Waals surface area contributed by atoms with Crippen LogP contribution in [0.4, 0.5) is 34.1 Å². The van der Waals surface area contributed by atoms with Crippen LogP contribution in [-0.2, 0) is 21.7 Å². The van der Waals surface area contributed by atoms with E-state index in [2.05, 4.69) is 297 Å². The highest BCUT2D eigenvalue weighted by molar-refractivity contribution is 6.23. The lowest BCUT2D eigenvalue weighted by Gasteiger charge is -2.33. The first-order chi connectivity index (χ1) is 37.1. The molecule has 14 rings (SSSR count). The molecule has 0 saturated heterocycles. The van der Waals surface area contributed by atoms with Crippen molar-refractivity contribution in [2.75, 3.05) is 9.80 Å². The second-order valence-corrected chi connectivity index (χ2v) is 24.7. The van der Waals surface area contributed by atoms with E-state index >= 15 is 0 Å². The highest BCUT2D eigenvalue weighted by Crippen LogP contribution is 2.57. The summed E-state index contributed by atoms with van der Waals surface area (Å²) >= 11 is 0. The van der Waals surface area contributed by atoms with Crippen molar-refractivity contribution in [1.29, 1.82) is 0 Å². The van der Waals surface area contributed by atoms with Crippen molar-refractivity contribution < 1.29 is 0 Å². The minimum atomic E-state index is -0.426. The van der Waals surface area contributed by atoms with Crippen molar-refractivity contribution in [1.82, 2.24) is 0 Å². The quantitative estimate of drug-likeness (QED) is 0.159. The molecule has 0 fully saturated rings. The molecule has 0 aromatic heterocycles. The average Bonchev–Trinajstić information content (AvgIpc) is 4.00. The molecule has 0 spiro atoms. The Bertz CT molecular complexity index is 4200. The lowest BCUT2D eigenvalue weighted by Crippen LogP contribution is -2.23. The molecule has 374 valence electrons. The molecule has 77 heavy (non-hydrogen) atoms. The number of rotatable bonds is 5. The Morgan fingerprint density at radius 1 is 0.338 bits per heavy atom. The molecule has 0 radical (unpaired) electrons. The summed E-state index contributed by atoms with van der Waals surface area (Å²) in [5.41, 5.74) is 25.7. The Labute approximate surface area is 454 Å². The van der Waals surface area contributed by atoms with Gasteiger partial charge in [-0.05, 0) is 208 Å². The SMILES string of the molecule is CC(C)(C)c1ccc(N(c2ccccc2)c2ccc3c(-c4ccc5c(c4)C(C)(C)c4ccccc4-5)c4ccc5cc4c(c3c2)-c2ccc3c(c2)C(C)(c2cccc(c2)N5c2ccc(C(C)(C)C)cc2)c2ccccc2-3)cc1. The molecular weight excluding hydrogens is 929 g/mol. The van der Waals surface area contributed by atoms with Gasteiger partial charge in [-0.1, -0.05) is 195 Å². The maximum Gasteiger partial charge on any atom is 0.0468 e. The minimum Gasteiger partial charge on any atom is -0.310 e. The smallest absolute Gasteiger partial charge is 0.0468 e. The van der Waals surface area contributed by atoms with Crippen molar-refractivity contribution in [2.24, 2.45) is 0 Å². The Hall–Kier alpha value is -8.46. The summed E-state index contributed by atoms with van der Waals surface area (Å²) in [5.74, 6) is 0. The van der Waals surface area contributed by atoms with Crippen molar-refractivity contribution >= 4 is 55.7 Å². The predicted molar refractivity (Wildman–Crippen MR) is 328 cm³/mol. The molecule has 1 unspecified atom stereocenters. The average molecular weight is 993 g/mol. The molecule has 6 bridgehead atoms. The number of anilines is 6. The summed E-state index contributed by atoms with van der Waals surface area (Å²) in [6, 6.07) is 86.1. The van der Waals surface area contributed by atoms with E-state index in [0.717, 1.165) is 34.1 Å². The molecule has 11 aromatic rings. The van der Waals surface area contributed by atoms with Gasteiger partial charge in [0, 0.05) is 45.0 Å². The first kappa shape index (κ1) is 47.0. The van der Waals surface area contributed by atoms with Crippen LogP contribution < -0.4 is 9.80 Å². The first-order valence-corrected chi connectivity index (χ1v) is 27.6. The van der Waals surface area contributed by atoms with Crippen LogP contribution in [0.3, 0.4) is 0 Å². The van der Waals surface area contributed by atoms with E-state index in [1.54, 1.807) is 0 Å². The van der Waals surface area contributed by atoms with Gasteiger partial charge < -0.3 is 9.80 Å². The van der Waals surface area contributed by atoms with Gasteiger partial charge in [0.15, 0.2) is 0 Å². The molecule has 2 aliphatic carbocycles. The zero-order valence-corrected chi connectivity index (χ0v) is 45.8. The van der Waals surface area contributed by atoms with Crippen LogP contribution in [0.1, 0.15) is 101 Å². The molecule has 11 aromatic carbocycles. The number of hydrogen-bond acceptors (Lipinski definition) is 2. The zero-order chi connectivity index (χ0) is 52.8. The van der Waals surface area contributed by atoms with Crippen molar-refractivity contribution in [3.63, 3.8) is 0 Å². The van der Waals surface area contributed by atoms with Gasteiger partial charge in [-0.15, -0.1) is 0 Å². The van der Waals surface area contributed by atoms with Gasteiger partial charge >= 0.3 is 0 Å². The molecule has 2 heteroatoms. The molecule has 0 N–H and O–H groups in total. The predicted octanol–water partition coefficient (Wildman–Crippen LogP) is 20.8. The van der Waals surface area contributed by atoms with E-state index in [1.165, 1.54) is 105 Å². The highest BCUT2D eigenvalue weighted by atomic mass is 15.1. The summed E-state index contributed by atoms with van der Waals surface area (Å²) in [7, 11) is 0. The van der Waals surface area contributed by atoms with Crippen LogP contribution in [0.5, 0.6) is 0 Å². The lowest BCUT2D eigenvalue weighted by atomic mass is 9.73. The Morgan fingerprint density at radius 2 is 0.831 bits per heavy atom. The minimum absolute atomic E-state index is 0.0187. The van der Waals surface area contributed by atoms with Crippen LogP contribution in [0, 0.1) is 0 Å². The molecule has 1 heterocycles. The molecule has 0 saturated carbocycles. The van der Waals surface area contributed by atoms with E-state index in [-0.39, 0.29) is 16.2 Å². The van der Waals surface area contributed by atoms with Gasteiger partial charge in [0.1, 0.15) is 0 Å². The third-order valence-corrected chi connectivity index (χ3v) is 17.8. The second-order valence-electron chi connectivity index (χ2n) is 24.7. The van der Waals surface area contributed by atoms with E-state index < -0.39 is 5.41 Å². The van der Waals surface area contributed by atoms with Gasteiger partial charge in [0.2, 0.25) is 0 Å². The molecular formula is C75H64N2. The van der Waals surface area contributed by atoms with E-state index in [0.29, 0.717) is 0 Å². The monoisotopic (exact) mass is 993 g/mol. The molecule has 3 aliphatic rings. The number of hydrogen-bond donors (Lipinski definition) is 0. The summed E-state index contributed by atoms with van der Waals surface area (Å²) < 4.78 is 0. The number of para-hydroxylation sites is 1. The molecule has 1 atom stereocenters. The standard InChI is InChI=1S/C75H64N2/c1-72(2,3)49-28-32-53(33-29-49)76(52-19-11-10-12-20-52)56-36-40-62-64(45-56)71-48-27-39-61-59-23-14-16-25-67(59)75(9,69(61)43-48)51-18-17-21-55(44-51)77(54-34-30-50(31-35-54)73(4,5)6)57-37-41-63(65(71)46-57)70(62)47-26-38-60-58-22-13-15-24-66(58)74(7,8)68(60)42-47/h10-46H,1-9H3. The van der Waals surface area contributed by atoms with Crippen LogP contribution in [0.2, 0.25) is 0 Å². The van der Waals surface area contributed by atoms with E-state index in [1.807, 2.05) is 0 Å². The Morgan fingerprint density at radius 3 is 1.51 bits per heavy atom. The fraction of sp³-hybridized carbons (Fsp3) is 0.173. The third kappa shape index (κ3) is 7.14. The Kier molecular flexibility index (Phi) is 10.2. The van der Waals surface area contributed by atoms with Gasteiger partial charge in [-0.2, -0.15) is 0 Å². The lowest BCUT2D eigenvalue weighted by molar-refractivity contribution is 0.590. The van der Waals surface area contributed by atoms with Crippen LogP contribution >= 0.6 is 0 Å². The van der Waals surface area contributed by atoms with Crippen molar-refractivity contribution in [2.45, 2.75) is 84.0 Å².